The minimum atomic E-state index is -1.88. The number of phenols is 1. The van der Waals surface area contributed by atoms with Crippen LogP contribution in [0, 0.1) is 30.6 Å². The summed E-state index contributed by atoms with van der Waals surface area (Å²) in [6.45, 7) is 12.4. The van der Waals surface area contributed by atoms with Crippen molar-refractivity contribution in [1.29, 1.82) is 0 Å². The lowest BCUT2D eigenvalue weighted by molar-refractivity contribution is -0.160. The summed E-state index contributed by atoms with van der Waals surface area (Å²) in [5.74, 6) is -7.87. The molecule has 5 bridgehead atoms. The van der Waals surface area contributed by atoms with Crippen LogP contribution in [-0.2, 0) is 23.8 Å². The molecule has 0 saturated carbocycles. The number of oxime groups is 1. The van der Waals surface area contributed by atoms with Crippen molar-refractivity contribution in [1.82, 2.24) is 5.32 Å². The molecule has 1 aromatic rings. The van der Waals surface area contributed by atoms with Crippen LogP contribution in [0.4, 0.5) is 0 Å². The molecule has 3 heterocycles. The number of Topliss-reactive ketones (excluding diaryl/α,β-unsaturated/α-hetero) is 1. The fourth-order valence-corrected chi connectivity index (χ4v) is 6.77. The molecule has 3 aliphatic heterocycles. The van der Waals surface area contributed by atoms with Crippen LogP contribution in [0.15, 0.2) is 53.1 Å². The second kappa shape index (κ2) is 15.2. The van der Waals surface area contributed by atoms with Crippen molar-refractivity contribution >= 4 is 29.2 Å². The highest BCUT2D eigenvalue weighted by atomic mass is 16.7. The number of benzene rings is 1. The molecule has 276 valence electrons. The van der Waals surface area contributed by atoms with Gasteiger partial charge in [0.05, 0.1) is 47.0 Å². The molecule has 1 aromatic carbocycles. The highest BCUT2D eigenvalue weighted by Crippen LogP contribution is 2.48. The zero-order chi connectivity index (χ0) is 38.1. The number of nitrogens with zero attached hydrogens (tertiary/aromatic N) is 1. The molecular weight excluding hydrogens is 664 g/mol. The molecular formula is C37H46N2O12. The quantitative estimate of drug-likeness (QED) is 0.169. The number of phenolic OH excluding ortho intramolecular Hbond substituents is 1. The number of aliphatic hydroxyl groups excluding tert-OH is 2. The van der Waals surface area contributed by atoms with Crippen molar-refractivity contribution in [3.05, 3.63) is 70.2 Å². The Kier molecular flexibility index (Phi) is 11.6. The highest BCUT2D eigenvalue weighted by Gasteiger charge is 2.50. The lowest BCUT2D eigenvalue weighted by atomic mass is 9.78. The van der Waals surface area contributed by atoms with E-state index >= 15 is 0 Å². The smallest absolute Gasteiger partial charge is 0.302 e. The third-order valence-electron chi connectivity index (χ3n) is 9.93. The molecule has 0 saturated heterocycles. The molecule has 5 N–H and O–H groups in total. The van der Waals surface area contributed by atoms with Crippen LogP contribution in [0.25, 0.3) is 0 Å². The summed E-state index contributed by atoms with van der Waals surface area (Å²) in [6.07, 6.45) is 4.45. The van der Waals surface area contributed by atoms with Gasteiger partial charge in [-0.3, -0.25) is 19.2 Å². The minimum Gasteiger partial charge on any atom is -0.507 e. The number of methoxy groups -OCH3 is 1. The monoisotopic (exact) mass is 710 g/mol. The first-order valence-electron chi connectivity index (χ1n) is 16.6. The van der Waals surface area contributed by atoms with Crippen molar-refractivity contribution < 1.29 is 58.7 Å². The standard InChI is InChI=1S/C37H46N2O12/c1-16-11-10-12-17(2)36(46)38-23-15-24(41)26-27(32(23)45)31(44)21(6)34-28(26)35(39-47)37(8,51-34)49-14-13-25(48-9)18(3)33(50-22(7)40)20(5)30(43)19(4)29(16)42/h10-16,18-20,25,29-30,33,42-44,47H,1-9H3,(H,38,46)/b11-10+,14-13+,17-12-,39-35-/t16-,18+,19+,20+,25-,29-,30+,33+,37-/m0/s1. The summed E-state index contributed by atoms with van der Waals surface area (Å²) >= 11 is 0. The number of hydrogen-bond donors (Lipinski definition) is 5. The summed E-state index contributed by atoms with van der Waals surface area (Å²) in [5, 5.41) is 49.8. The number of hydrogen-bond acceptors (Lipinski definition) is 13. The van der Waals surface area contributed by atoms with Gasteiger partial charge in [-0.15, -0.1) is 0 Å². The maximum atomic E-state index is 13.7. The molecule has 0 radical (unpaired) electrons. The first kappa shape index (κ1) is 39.0. The molecule has 1 amide bonds. The molecule has 9 atom stereocenters. The second-order valence-electron chi connectivity index (χ2n) is 13.5. The van der Waals surface area contributed by atoms with Gasteiger partial charge < -0.3 is 44.8 Å². The van der Waals surface area contributed by atoms with Crippen molar-refractivity contribution in [2.24, 2.45) is 28.8 Å². The summed E-state index contributed by atoms with van der Waals surface area (Å²) in [5.41, 5.74) is -1.24. The predicted octanol–water partition coefficient (Wildman–Crippen LogP) is 3.63. The fourth-order valence-electron chi connectivity index (χ4n) is 6.77. The predicted molar refractivity (Wildman–Crippen MR) is 183 cm³/mol. The van der Waals surface area contributed by atoms with E-state index in [4.69, 9.17) is 18.9 Å². The maximum Gasteiger partial charge on any atom is 0.302 e. The van der Waals surface area contributed by atoms with E-state index in [2.05, 4.69) is 10.5 Å². The molecule has 0 aromatic heterocycles. The van der Waals surface area contributed by atoms with E-state index in [1.54, 1.807) is 39.8 Å². The first-order chi connectivity index (χ1) is 23.9. The largest absolute Gasteiger partial charge is 0.507 e. The van der Waals surface area contributed by atoms with Crippen LogP contribution >= 0.6 is 0 Å². The SMILES string of the molecule is CO[C@H]1/C=C/O[C@@]2(C)Oc3c(C)c(O)c4c(c3/C2=N/O)C(=O)C=C(NC(=O)/C(C)=C\C=C\[C@H](C)[C@H](O)[C@@H](C)[C@@H](O)[C@@H](C)[C@H](OC(C)=O)[C@@H]1C)C4=O. The van der Waals surface area contributed by atoms with Gasteiger partial charge in [-0.1, -0.05) is 51.1 Å². The number of amides is 1. The Morgan fingerprint density at radius 1 is 0.980 bits per heavy atom. The van der Waals surface area contributed by atoms with E-state index in [0.29, 0.717) is 0 Å². The van der Waals surface area contributed by atoms with E-state index in [1.807, 2.05) is 0 Å². The normalized spacial score (nSPS) is 34.8. The molecule has 0 unspecified atom stereocenters. The number of nitrogens with one attached hydrogen (secondary N) is 1. The van der Waals surface area contributed by atoms with Crippen LogP contribution in [0.3, 0.4) is 0 Å². The Balaban J connectivity index is 1.86. The van der Waals surface area contributed by atoms with Crippen LogP contribution in [0.2, 0.25) is 0 Å². The summed E-state index contributed by atoms with van der Waals surface area (Å²) in [4.78, 5) is 52.6. The molecule has 14 heteroatoms. The molecule has 5 rings (SSSR count). The lowest BCUT2D eigenvalue weighted by Gasteiger charge is -2.38. The van der Waals surface area contributed by atoms with Gasteiger partial charge in [0.1, 0.15) is 17.6 Å². The Labute approximate surface area is 296 Å². The average Bonchev–Trinajstić information content (AvgIpc) is 3.38. The van der Waals surface area contributed by atoms with E-state index in [-0.39, 0.29) is 39.4 Å². The second-order valence-corrected chi connectivity index (χ2v) is 13.5. The van der Waals surface area contributed by atoms with E-state index in [9.17, 15) is 39.7 Å². The molecule has 1 aliphatic carbocycles. The number of ketones is 2. The van der Waals surface area contributed by atoms with Gasteiger partial charge >= 0.3 is 5.97 Å². The topological polar surface area (TPSA) is 211 Å². The van der Waals surface area contributed by atoms with E-state index in [0.717, 1.165) is 6.08 Å². The van der Waals surface area contributed by atoms with Gasteiger partial charge in [0.15, 0.2) is 11.5 Å². The Morgan fingerprint density at radius 3 is 2.25 bits per heavy atom. The Morgan fingerprint density at radius 2 is 1.65 bits per heavy atom. The van der Waals surface area contributed by atoms with Crippen molar-refractivity contribution in [2.45, 2.75) is 85.6 Å². The molecule has 0 fully saturated rings. The molecule has 14 nitrogen and oxygen atoms in total. The van der Waals surface area contributed by atoms with Gasteiger partial charge in [-0.2, -0.15) is 0 Å². The lowest BCUT2D eigenvalue weighted by Crippen LogP contribution is -2.46. The van der Waals surface area contributed by atoms with Crippen LogP contribution in [0.5, 0.6) is 11.5 Å². The van der Waals surface area contributed by atoms with Gasteiger partial charge in [0.25, 0.3) is 11.7 Å². The number of fused-ring (bicyclic) bond motifs is 14. The Hall–Kier alpha value is -4.79. The van der Waals surface area contributed by atoms with Crippen LogP contribution in [0.1, 0.15) is 80.3 Å². The highest BCUT2D eigenvalue weighted by molar-refractivity contribution is 6.31. The fraction of sp³-hybridized carbons (Fsp3) is 0.486. The number of aromatic hydroxyl groups is 1. The Bertz CT molecular complexity index is 1760. The zero-order valence-corrected chi connectivity index (χ0v) is 30.1. The third-order valence-corrected chi connectivity index (χ3v) is 9.93. The number of rotatable bonds is 2. The molecule has 51 heavy (non-hydrogen) atoms. The van der Waals surface area contributed by atoms with Gasteiger partial charge in [0.2, 0.25) is 5.78 Å². The van der Waals surface area contributed by atoms with Gasteiger partial charge in [0, 0.05) is 61.8 Å². The average molecular weight is 711 g/mol. The zero-order valence-electron chi connectivity index (χ0n) is 30.1. The van der Waals surface area contributed by atoms with Crippen molar-refractivity contribution in [2.75, 3.05) is 7.11 Å². The molecule has 4 aliphatic rings. The number of allylic oxidation sites excluding steroid dienone is 4. The number of carbonyl (C=O) groups excluding carboxylic acids is 4. The maximum absolute atomic E-state index is 13.7. The van der Waals surface area contributed by atoms with Gasteiger partial charge in [-0.25, -0.2) is 0 Å². The van der Waals surface area contributed by atoms with E-state index < -0.39 is 88.6 Å². The summed E-state index contributed by atoms with van der Waals surface area (Å²) in [7, 11) is 1.43. The van der Waals surface area contributed by atoms with Crippen LogP contribution in [-0.4, -0.2) is 87.0 Å². The molecule has 0 spiro atoms. The van der Waals surface area contributed by atoms with Crippen molar-refractivity contribution in [3.63, 3.8) is 0 Å². The van der Waals surface area contributed by atoms with E-state index in [1.165, 1.54) is 53.2 Å². The van der Waals surface area contributed by atoms with Crippen LogP contribution < -0.4 is 10.1 Å². The van der Waals surface area contributed by atoms with Crippen molar-refractivity contribution in [3.8, 4) is 11.5 Å². The first-order valence-corrected chi connectivity index (χ1v) is 16.6. The number of ether oxygens (including phenoxy) is 4. The number of esters is 1. The summed E-state index contributed by atoms with van der Waals surface area (Å²) < 4.78 is 23.4. The minimum absolute atomic E-state index is 0.0485. The number of aliphatic hydroxyl groups is 2. The third kappa shape index (κ3) is 7.34. The number of carbonyl (C=O) groups is 4. The van der Waals surface area contributed by atoms with Gasteiger partial charge in [-0.05, 0) is 19.9 Å². The summed E-state index contributed by atoms with van der Waals surface area (Å²) in [6, 6.07) is 0.